The van der Waals surface area contributed by atoms with Crippen LogP contribution in [0, 0.1) is 0 Å². The number of methoxy groups -OCH3 is 2. The zero-order valence-corrected chi connectivity index (χ0v) is 12.1. The lowest BCUT2D eigenvalue weighted by molar-refractivity contribution is 0.187. The molecule has 0 bridgehead atoms. The smallest absolute Gasteiger partial charge is 0.411 e. The minimum atomic E-state index is -0.489. The molecule has 0 unspecified atom stereocenters. The molecule has 0 atom stereocenters. The highest BCUT2D eigenvalue weighted by Gasteiger charge is 2.03. The second-order valence-electron chi connectivity index (χ2n) is 4.36. The molecule has 21 heavy (non-hydrogen) atoms. The Morgan fingerprint density at radius 2 is 1.81 bits per heavy atom. The maximum Gasteiger partial charge on any atom is 0.411 e. The average Bonchev–Trinajstić information content (AvgIpc) is 2.53. The summed E-state index contributed by atoms with van der Waals surface area (Å²) in [6.45, 7) is 0.631. The summed E-state index contributed by atoms with van der Waals surface area (Å²) in [7, 11) is 2.98. The number of carbonyl (C=O) groups excluding carboxylic acids is 1. The van der Waals surface area contributed by atoms with Crippen molar-refractivity contribution >= 4 is 17.5 Å². The molecule has 0 aliphatic heterocycles. The summed E-state index contributed by atoms with van der Waals surface area (Å²) < 4.78 is 9.88. The van der Waals surface area contributed by atoms with E-state index in [1.54, 1.807) is 13.2 Å². The van der Waals surface area contributed by atoms with Gasteiger partial charge in [-0.1, -0.05) is 24.3 Å². The van der Waals surface area contributed by atoms with Crippen molar-refractivity contribution in [3.8, 4) is 5.75 Å². The number of hydrogen-bond acceptors (Lipinski definition) is 4. The number of anilines is 2. The topological polar surface area (TPSA) is 59.6 Å². The number of hydrogen-bond donors (Lipinski definition) is 2. The van der Waals surface area contributed by atoms with Crippen LogP contribution in [0.3, 0.4) is 0 Å². The molecule has 2 rings (SSSR count). The summed E-state index contributed by atoms with van der Waals surface area (Å²) in [5.41, 5.74) is 2.63. The predicted molar refractivity (Wildman–Crippen MR) is 82.8 cm³/mol. The van der Waals surface area contributed by atoms with Gasteiger partial charge in [0.1, 0.15) is 5.75 Å². The first-order valence-electron chi connectivity index (χ1n) is 6.53. The third-order valence-corrected chi connectivity index (χ3v) is 2.97. The summed E-state index contributed by atoms with van der Waals surface area (Å²) >= 11 is 0. The van der Waals surface area contributed by atoms with Gasteiger partial charge in [0.25, 0.3) is 0 Å². The largest absolute Gasteiger partial charge is 0.496 e. The first-order chi connectivity index (χ1) is 10.2. The monoisotopic (exact) mass is 286 g/mol. The maximum atomic E-state index is 11.2. The Bertz CT molecular complexity index is 614. The standard InChI is InChI=1S/C16H18N2O3/c1-20-15-9-4-3-6-12(15)11-17-13-7-5-8-14(10-13)18-16(19)21-2/h3-10,17H,11H2,1-2H3,(H,18,19). The van der Waals surface area contributed by atoms with Crippen molar-refractivity contribution in [1.29, 1.82) is 0 Å². The van der Waals surface area contributed by atoms with Crippen molar-refractivity contribution in [2.75, 3.05) is 24.9 Å². The number of para-hydroxylation sites is 1. The fourth-order valence-corrected chi connectivity index (χ4v) is 1.92. The highest BCUT2D eigenvalue weighted by molar-refractivity contribution is 5.85. The molecule has 5 nitrogen and oxygen atoms in total. The van der Waals surface area contributed by atoms with Crippen LogP contribution in [-0.4, -0.2) is 20.3 Å². The Labute approximate surface area is 123 Å². The normalized spacial score (nSPS) is 9.81. The van der Waals surface area contributed by atoms with E-state index < -0.39 is 6.09 Å². The fourth-order valence-electron chi connectivity index (χ4n) is 1.92. The Kier molecular flexibility index (Phi) is 5.04. The quantitative estimate of drug-likeness (QED) is 0.883. The number of ether oxygens (including phenoxy) is 2. The lowest BCUT2D eigenvalue weighted by atomic mass is 10.2. The number of rotatable bonds is 5. The molecule has 0 heterocycles. The van der Waals surface area contributed by atoms with Gasteiger partial charge in [-0.2, -0.15) is 0 Å². The molecule has 0 aliphatic carbocycles. The minimum Gasteiger partial charge on any atom is -0.496 e. The average molecular weight is 286 g/mol. The van der Waals surface area contributed by atoms with E-state index in [-0.39, 0.29) is 0 Å². The number of benzene rings is 2. The van der Waals surface area contributed by atoms with E-state index in [0.29, 0.717) is 12.2 Å². The highest BCUT2D eigenvalue weighted by Crippen LogP contribution is 2.20. The SMILES string of the molecule is COC(=O)Nc1cccc(NCc2ccccc2OC)c1. The summed E-state index contributed by atoms with van der Waals surface area (Å²) in [6, 6.07) is 15.2. The molecular formula is C16H18N2O3. The first kappa shape index (κ1) is 14.7. The Morgan fingerprint density at radius 3 is 2.57 bits per heavy atom. The molecule has 0 saturated carbocycles. The van der Waals surface area contributed by atoms with E-state index in [4.69, 9.17) is 4.74 Å². The Morgan fingerprint density at radius 1 is 1.05 bits per heavy atom. The van der Waals surface area contributed by atoms with Gasteiger partial charge in [0, 0.05) is 23.5 Å². The van der Waals surface area contributed by atoms with E-state index in [0.717, 1.165) is 17.0 Å². The molecule has 5 heteroatoms. The minimum absolute atomic E-state index is 0.489. The molecule has 0 fully saturated rings. The second-order valence-corrected chi connectivity index (χ2v) is 4.36. The third-order valence-electron chi connectivity index (χ3n) is 2.97. The van der Waals surface area contributed by atoms with Crippen LogP contribution in [0.4, 0.5) is 16.2 Å². The highest BCUT2D eigenvalue weighted by atomic mass is 16.5. The van der Waals surface area contributed by atoms with Crippen molar-refractivity contribution in [2.45, 2.75) is 6.54 Å². The summed E-state index contributed by atoms with van der Waals surface area (Å²) in [5.74, 6) is 0.842. The maximum absolute atomic E-state index is 11.2. The van der Waals surface area contributed by atoms with Crippen molar-refractivity contribution in [3.63, 3.8) is 0 Å². The van der Waals surface area contributed by atoms with Crippen molar-refractivity contribution in [2.24, 2.45) is 0 Å². The van der Waals surface area contributed by atoms with Gasteiger partial charge in [0.2, 0.25) is 0 Å². The molecule has 0 spiro atoms. The zero-order chi connectivity index (χ0) is 15.1. The van der Waals surface area contributed by atoms with Crippen LogP contribution in [0.2, 0.25) is 0 Å². The predicted octanol–water partition coefficient (Wildman–Crippen LogP) is 3.49. The van der Waals surface area contributed by atoms with Gasteiger partial charge in [-0.25, -0.2) is 4.79 Å². The molecule has 110 valence electrons. The fraction of sp³-hybridized carbons (Fsp3) is 0.188. The van der Waals surface area contributed by atoms with Gasteiger partial charge < -0.3 is 14.8 Å². The molecule has 0 aliphatic rings. The van der Waals surface area contributed by atoms with E-state index in [2.05, 4.69) is 15.4 Å². The third kappa shape index (κ3) is 4.14. The van der Waals surface area contributed by atoms with Crippen LogP contribution in [0.1, 0.15) is 5.56 Å². The summed E-state index contributed by atoms with van der Waals surface area (Å²) in [5, 5.41) is 5.92. The van der Waals surface area contributed by atoms with Gasteiger partial charge in [-0.3, -0.25) is 5.32 Å². The van der Waals surface area contributed by atoms with Gasteiger partial charge in [0.05, 0.1) is 14.2 Å². The number of carbonyl (C=O) groups is 1. The van der Waals surface area contributed by atoms with Crippen LogP contribution in [0.15, 0.2) is 48.5 Å². The molecule has 2 N–H and O–H groups in total. The van der Waals surface area contributed by atoms with Gasteiger partial charge in [0.15, 0.2) is 0 Å². The number of nitrogens with one attached hydrogen (secondary N) is 2. The van der Waals surface area contributed by atoms with E-state index in [9.17, 15) is 4.79 Å². The van der Waals surface area contributed by atoms with E-state index in [1.165, 1.54) is 7.11 Å². The van der Waals surface area contributed by atoms with E-state index in [1.807, 2.05) is 42.5 Å². The van der Waals surface area contributed by atoms with E-state index >= 15 is 0 Å². The van der Waals surface area contributed by atoms with Gasteiger partial charge in [-0.05, 0) is 24.3 Å². The molecule has 2 aromatic carbocycles. The lowest BCUT2D eigenvalue weighted by Gasteiger charge is -2.11. The van der Waals surface area contributed by atoms with Crippen LogP contribution in [0.25, 0.3) is 0 Å². The molecular weight excluding hydrogens is 268 g/mol. The van der Waals surface area contributed by atoms with Gasteiger partial charge in [-0.15, -0.1) is 0 Å². The Hall–Kier alpha value is -2.69. The molecule has 0 saturated heterocycles. The lowest BCUT2D eigenvalue weighted by Crippen LogP contribution is -2.11. The zero-order valence-electron chi connectivity index (χ0n) is 12.1. The molecule has 1 amide bonds. The van der Waals surface area contributed by atoms with Crippen LogP contribution in [0.5, 0.6) is 5.75 Å². The summed E-state index contributed by atoms with van der Waals surface area (Å²) in [4.78, 5) is 11.2. The van der Waals surface area contributed by atoms with Crippen LogP contribution < -0.4 is 15.4 Å². The van der Waals surface area contributed by atoms with Gasteiger partial charge >= 0.3 is 6.09 Å². The summed E-state index contributed by atoms with van der Waals surface area (Å²) in [6.07, 6.45) is -0.489. The van der Waals surface area contributed by atoms with Crippen molar-refractivity contribution in [1.82, 2.24) is 0 Å². The second kappa shape index (κ2) is 7.19. The van der Waals surface area contributed by atoms with Crippen LogP contribution in [-0.2, 0) is 11.3 Å². The van der Waals surface area contributed by atoms with Crippen molar-refractivity contribution < 1.29 is 14.3 Å². The molecule has 2 aromatic rings. The molecule has 0 radical (unpaired) electrons. The number of amides is 1. The van der Waals surface area contributed by atoms with Crippen LogP contribution >= 0.6 is 0 Å². The van der Waals surface area contributed by atoms with Crippen molar-refractivity contribution in [3.05, 3.63) is 54.1 Å². The molecule has 0 aromatic heterocycles. The first-order valence-corrected chi connectivity index (χ1v) is 6.53. The Balaban J connectivity index is 2.03.